The van der Waals surface area contributed by atoms with Gasteiger partial charge < -0.3 is 15.0 Å². The van der Waals surface area contributed by atoms with E-state index >= 15 is 0 Å². The van der Waals surface area contributed by atoms with Crippen molar-refractivity contribution in [2.24, 2.45) is 0 Å². The lowest BCUT2D eigenvalue weighted by Gasteiger charge is -2.32. The van der Waals surface area contributed by atoms with E-state index in [1.165, 1.54) is 42.2 Å². The summed E-state index contributed by atoms with van der Waals surface area (Å²) in [7, 11) is -4.24. The molecule has 8 nitrogen and oxygen atoms in total. The van der Waals surface area contributed by atoms with Crippen molar-refractivity contribution in [3.63, 3.8) is 0 Å². The molecular formula is C34H36FN3O5S. The van der Waals surface area contributed by atoms with E-state index in [0.29, 0.717) is 24.5 Å². The molecule has 0 bridgehead atoms. The summed E-state index contributed by atoms with van der Waals surface area (Å²) in [6.07, 6.45) is 0.687. The Labute approximate surface area is 258 Å². The number of rotatable bonds is 13. The van der Waals surface area contributed by atoms with Crippen LogP contribution in [0.5, 0.6) is 11.5 Å². The first kappa shape index (κ1) is 32.2. The minimum Gasteiger partial charge on any atom is -0.457 e. The second-order valence-electron chi connectivity index (χ2n) is 10.3. The van der Waals surface area contributed by atoms with E-state index in [4.69, 9.17) is 4.74 Å². The summed E-state index contributed by atoms with van der Waals surface area (Å²) in [5.74, 6) is -0.552. The summed E-state index contributed by atoms with van der Waals surface area (Å²) in [6.45, 7) is 4.82. The number of sulfonamides is 1. The Kier molecular flexibility index (Phi) is 10.7. The highest BCUT2D eigenvalue weighted by Crippen LogP contribution is 2.29. The lowest BCUT2D eigenvalue weighted by atomic mass is 10.1. The molecule has 0 saturated heterocycles. The number of nitrogens with one attached hydrogen (secondary N) is 1. The molecule has 44 heavy (non-hydrogen) atoms. The topological polar surface area (TPSA) is 96.0 Å². The number of halogens is 1. The van der Waals surface area contributed by atoms with E-state index < -0.39 is 40.2 Å². The molecule has 230 valence electrons. The number of amides is 2. The van der Waals surface area contributed by atoms with Crippen molar-refractivity contribution in [3.8, 4) is 11.5 Å². The van der Waals surface area contributed by atoms with Crippen molar-refractivity contribution in [1.29, 1.82) is 0 Å². The lowest BCUT2D eigenvalue weighted by Crippen LogP contribution is -2.51. The molecule has 1 atom stereocenters. The van der Waals surface area contributed by atoms with Gasteiger partial charge in [0.2, 0.25) is 11.8 Å². The van der Waals surface area contributed by atoms with Gasteiger partial charge in [-0.3, -0.25) is 13.9 Å². The predicted molar refractivity (Wildman–Crippen MR) is 168 cm³/mol. The van der Waals surface area contributed by atoms with Crippen molar-refractivity contribution in [2.45, 2.75) is 44.7 Å². The smallest absolute Gasteiger partial charge is 0.264 e. The number of ether oxygens (including phenoxy) is 1. The SMILES string of the molecule is CCCNC(=O)[C@@H](C)N(Cc1ccccc1F)C(=O)CN(c1ccc(Oc2ccccc2)cc1)S(=O)(=O)c1ccc(C)cc1. The Hall–Kier alpha value is -4.70. The van der Waals surface area contributed by atoms with Crippen LogP contribution in [0.2, 0.25) is 0 Å². The van der Waals surface area contributed by atoms with E-state index in [1.54, 1.807) is 54.6 Å². The van der Waals surface area contributed by atoms with Crippen LogP contribution in [0.1, 0.15) is 31.4 Å². The zero-order valence-electron chi connectivity index (χ0n) is 24.9. The van der Waals surface area contributed by atoms with Crippen molar-refractivity contribution < 1.29 is 27.1 Å². The zero-order valence-corrected chi connectivity index (χ0v) is 25.8. The predicted octanol–water partition coefficient (Wildman–Crippen LogP) is 6.07. The van der Waals surface area contributed by atoms with E-state index in [-0.39, 0.29) is 22.7 Å². The average Bonchev–Trinajstić information content (AvgIpc) is 3.02. The Morgan fingerprint density at radius 1 is 0.864 bits per heavy atom. The highest BCUT2D eigenvalue weighted by Gasteiger charge is 2.33. The number of carbonyl (C=O) groups is 2. The average molecular weight is 618 g/mol. The molecule has 0 spiro atoms. The summed E-state index contributed by atoms with van der Waals surface area (Å²) in [6, 6.07) is 26.7. The van der Waals surface area contributed by atoms with Crippen LogP contribution in [0.25, 0.3) is 0 Å². The van der Waals surface area contributed by atoms with Crippen LogP contribution in [0.3, 0.4) is 0 Å². The summed E-state index contributed by atoms with van der Waals surface area (Å²) in [5.41, 5.74) is 1.29. The Morgan fingerprint density at radius 3 is 2.11 bits per heavy atom. The number of carbonyl (C=O) groups excluding carboxylic acids is 2. The van der Waals surface area contributed by atoms with E-state index in [0.717, 1.165) is 9.87 Å². The fourth-order valence-electron chi connectivity index (χ4n) is 4.46. The fraction of sp³-hybridized carbons (Fsp3) is 0.235. The van der Waals surface area contributed by atoms with Gasteiger partial charge >= 0.3 is 0 Å². The third-order valence-corrected chi connectivity index (χ3v) is 8.79. The molecular weight excluding hydrogens is 581 g/mol. The second kappa shape index (κ2) is 14.7. The summed E-state index contributed by atoms with van der Waals surface area (Å²) in [4.78, 5) is 28.2. The molecule has 0 fully saturated rings. The first-order valence-electron chi connectivity index (χ1n) is 14.3. The van der Waals surface area contributed by atoms with Gasteiger partial charge in [-0.15, -0.1) is 0 Å². The van der Waals surface area contributed by atoms with Gasteiger partial charge in [0.15, 0.2) is 0 Å². The number of aryl methyl sites for hydroxylation is 1. The van der Waals surface area contributed by atoms with Gasteiger partial charge in [0.1, 0.15) is 29.9 Å². The molecule has 0 aliphatic rings. The molecule has 0 unspecified atom stereocenters. The molecule has 4 rings (SSSR count). The molecule has 0 heterocycles. The molecule has 0 radical (unpaired) electrons. The van der Waals surface area contributed by atoms with Crippen LogP contribution in [0.4, 0.5) is 10.1 Å². The quantitative estimate of drug-likeness (QED) is 0.197. The van der Waals surface area contributed by atoms with Gasteiger partial charge in [0, 0.05) is 18.7 Å². The van der Waals surface area contributed by atoms with Gasteiger partial charge in [-0.05, 0) is 74.9 Å². The molecule has 4 aromatic carbocycles. The van der Waals surface area contributed by atoms with Crippen LogP contribution in [0.15, 0.2) is 108 Å². The minimum atomic E-state index is -4.24. The van der Waals surface area contributed by atoms with Crippen molar-refractivity contribution in [1.82, 2.24) is 10.2 Å². The zero-order chi connectivity index (χ0) is 31.7. The third kappa shape index (κ3) is 8.02. The number of benzene rings is 4. The lowest BCUT2D eigenvalue weighted by molar-refractivity contribution is -0.139. The molecule has 10 heteroatoms. The van der Waals surface area contributed by atoms with E-state index in [9.17, 15) is 22.4 Å². The van der Waals surface area contributed by atoms with Gasteiger partial charge in [-0.2, -0.15) is 0 Å². The largest absolute Gasteiger partial charge is 0.457 e. The first-order chi connectivity index (χ1) is 21.1. The first-order valence-corrected chi connectivity index (χ1v) is 15.8. The molecule has 4 aromatic rings. The highest BCUT2D eigenvalue weighted by molar-refractivity contribution is 7.92. The fourth-order valence-corrected chi connectivity index (χ4v) is 5.87. The summed E-state index contributed by atoms with van der Waals surface area (Å²) < 4.78 is 49.6. The normalized spacial score (nSPS) is 11.8. The maximum absolute atomic E-state index is 14.7. The molecule has 1 N–H and O–H groups in total. The number of nitrogens with zero attached hydrogens (tertiary/aromatic N) is 2. The van der Waals surface area contributed by atoms with Gasteiger partial charge in [-0.1, -0.05) is 61.0 Å². The van der Waals surface area contributed by atoms with Gasteiger partial charge in [-0.25, -0.2) is 12.8 Å². The Bertz CT molecular complexity index is 1660. The molecule has 0 aliphatic carbocycles. The van der Waals surface area contributed by atoms with Crippen LogP contribution >= 0.6 is 0 Å². The van der Waals surface area contributed by atoms with Crippen LogP contribution in [-0.4, -0.2) is 44.3 Å². The maximum atomic E-state index is 14.7. The minimum absolute atomic E-state index is 0.00472. The molecule has 2 amide bonds. The number of anilines is 1. The Morgan fingerprint density at radius 2 is 1.48 bits per heavy atom. The van der Waals surface area contributed by atoms with Gasteiger partial charge in [0.25, 0.3) is 10.0 Å². The van der Waals surface area contributed by atoms with Crippen LogP contribution < -0.4 is 14.4 Å². The number of para-hydroxylation sites is 1. The van der Waals surface area contributed by atoms with Gasteiger partial charge in [0.05, 0.1) is 10.6 Å². The second-order valence-corrected chi connectivity index (χ2v) is 12.2. The van der Waals surface area contributed by atoms with Crippen molar-refractivity contribution in [2.75, 3.05) is 17.4 Å². The maximum Gasteiger partial charge on any atom is 0.264 e. The van der Waals surface area contributed by atoms with Crippen molar-refractivity contribution in [3.05, 3.63) is 120 Å². The Balaban J connectivity index is 1.70. The van der Waals surface area contributed by atoms with E-state index in [2.05, 4.69) is 5.32 Å². The third-order valence-electron chi connectivity index (χ3n) is 7.01. The molecule has 0 aromatic heterocycles. The van der Waals surface area contributed by atoms with E-state index in [1.807, 2.05) is 32.0 Å². The standard InChI is InChI=1S/C34H36FN3O5S/c1-4-22-36-34(40)26(3)37(23-27-10-8-9-13-32(27)35)33(39)24-38(44(41,42)31-20-14-25(2)15-21-31)28-16-18-30(19-17-28)43-29-11-6-5-7-12-29/h5-21,26H,4,22-24H2,1-3H3,(H,36,40)/t26-/m1/s1. The molecule has 0 saturated carbocycles. The number of hydrogen-bond acceptors (Lipinski definition) is 5. The highest BCUT2D eigenvalue weighted by atomic mass is 32.2. The monoisotopic (exact) mass is 617 g/mol. The van der Waals surface area contributed by atoms with Crippen LogP contribution in [-0.2, 0) is 26.2 Å². The van der Waals surface area contributed by atoms with Crippen molar-refractivity contribution >= 4 is 27.5 Å². The summed E-state index contributed by atoms with van der Waals surface area (Å²) >= 11 is 0. The van der Waals surface area contributed by atoms with Crippen LogP contribution in [0, 0.1) is 12.7 Å². The summed E-state index contributed by atoms with van der Waals surface area (Å²) in [5, 5.41) is 2.77. The molecule has 0 aliphatic heterocycles. The number of hydrogen-bond donors (Lipinski definition) is 1.